The Bertz CT molecular complexity index is 945. The van der Waals surface area contributed by atoms with Crippen molar-refractivity contribution in [1.29, 1.82) is 0 Å². The average Bonchev–Trinajstić information content (AvgIpc) is 3.01. The van der Waals surface area contributed by atoms with Gasteiger partial charge in [-0.05, 0) is 26.0 Å². The molecule has 31 heavy (non-hydrogen) atoms. The van der Waals surface area contributed by atoms with E-state index in [1.807, 2.05) is 0 Å². The van der Waals surface area contributed by atoms with Crippen LogP contribution in [-0.4, -0.2) is 52.5 Å². The molecule has 9 heteroatoms. The van der Waals surface area contributed by atoms with Gasteiger partial charge in [-0.25, -0.2) is 14.4 Å². The van der Waals surface area contributed by atoms with Gasteiger partial charge in [0.25, 0.3) is 0 Å². The number of nitrogens with zero attached hydrogens (tertiary/aromatic N) is 1. The zero-order valence-corrected chi connectivity index (χ0v) is 18.1. The molecule has 0 bridgehead atoms. The van der Waals surface area contributed by atoms with Crippen molar-refractivity contribution in [3.8, 4) is 11.5 Å². The van der Waals surface area contributed by atoms with Crippen LogP contribution in [0.3, 0.4) is 0 Å². The fourth-order valence-electron chi connectivity index (χ4n) is 2.91. The summed E-state index contributed by atoms with van der Waals surface area (Å²) < 4.78 is 25.9. The van der Waals surface area contributed by atoms with Gasteiger partial charge in [0.05, 0.1) is 51.4 Å². The first kappa shape index (κ1) is 23.5. The SMILES string of the molecule is CCOc1cc(C(=O)OC)c(N2C=CC=CC(C(=O)OC)=C2C(=O)OC)cc1OCC. The molecule has 1 aliphatic heterocycles. The molecule has 1 aromatic rings. The minimum absolute atomic E-state index is 0.0537. The van der Waals surface area contributed by atoms with Gasteiger partial charge >= 0.3 is 17.9 Å². The molecule has 0 saturated carbocycles. The van der Waals surface area contributed by atoms with E-state index in [2.05, 4.69) is 0 Å². The van der Waals surface area contributed by atoms with E-state index in [1.54, 1.807) is 26.0 Å². The molecule has 1 aliphatic rings. The third kappa shape index (κ3) is 5.06. The van der Waals surface area contributed by atoms with Gasteiger partial charge in [0, 0.05) is 18.3 Å². The Labute approximate surface area is 180 Å². The van der Waals surface area contributed by atoms with Crippen LogP contribution < -0.4 is 14.4 Å². The van der Waals surface area contributed by atoms with Crippen LogP contribution in [0.5, 0.6) is 11.5 Å². The third-order valence-corrected chi connectivity index (χ3v) is 4.22. The summed E-state index contributed by atoms with van der Waals surface area (Å²) in [5.74, 6) is -1.54. The standard InChI is InChI=1S/C22H25NO8/c1-6-30-17-12-15(21(25)28-4)16(13-18(17)31-7-2)23-11-9-8-10-14(20(24)27-3)19(23)22(26)29-5/h8-13H,6-7H2,1-5H3. The number of allylic oxidation sites excluding steroid dienone is 2. The molecule has 0 aliphatic carbocycles. The predicted octanol–water partition coefficient (Wildman–Crippen LogP) is 2.76. The van der Waals surface area contributed by atoms with E-state index in [1.165, 1.54) is 50.6 Å². The zero-order chi connectivity index (χ0) is 23.0. The number of anilines is 1. The second-order valence-electron chi connectivity index (χ2n) is 5.99. The second kappa shape index (κ2) is 10.9. The van der Waals surface area contributed by atoms with E-state index in [4.69, 9.17) is 23.7 Å². The lowest BCUT2D eigenvalue weighted by Crippen LogP contribution is -2.28. The lowest BCUT2D eigenvalue weighted by atomic mass is 10.1. The smallest absolute Gasteiger partial charge is 0.355 e. The molecule has 166 valence electrons. The van der Waals surface area contributed by atoms with Gasteiger partial charge in [0.2, 0.25) is 0 Å². The van der Waals surface area contributed by atoms with Gasteiger partial charge in [0.1, 0.15) is 5.70 Å². The van der Waals surface area contributed by atoms with Crippen molar-refractivity contribution < 1.29 is 38.1 Å². The molecule has 0 N–H and O–H groups in total. The molecule has 0 amide bonds. The normalized spacial score (nSPS) is 12.9. The molecule has 0 fully saturated rings. The van der Waals surface area contributed by atoms with Crippen LogP contribution in [0.4, 0.5) is 5.69 Å². The number of methoxy groups -OCH3 is 3. The van der Waals surface area contributed by atoms with Crippen LogP contribution in [-0.2, 0) is 23.8 Å². The van der Waals surface area contributed by atoms with Crippen molar-refractivity contribution in [3.05, 3.63) is 53.4 Å². The summed E-state index contributed by atoms with van der Waals surface area (Å²) in [5.41, 5.74) is 0.116. The van der Waals surface area contributed by atoms with E-state index in [0.29, 0.717) is 24.7 Å². The second-order valence-corrected chi connectivity index (χ2v) is 5.99. The molecule has 0 spiro atoms. The highest BCUT2D eigenvalue weighted by Crippen LogP contribution is 2.38. The molecule has 0 saturated heterocycles. The van der Waals surface area contributed by atoms with Gasteiger partial charge in [-0.15, -0.1) is 0 Å². The summed E-state index contributed by atoms with van der Waals surface area (Å²) in [6, 6.07) is 3.00. The molecule has 0 aromatic heterocycles. The van der Waals surface area contributed by atoms with E-state index >= 15 is 0 Å². The van der Waals surface area contributed by atoms with Crippen LogP contribution in [0.1, 0.15) is 24.2 Å². The topological polar surface area (TPSA) is 101 Å². The molecule has 9 nitrogen and oxygen atoms in total. The molecular weight excluding hydrogens is 406 g/mol. The Morgan fingerprint density at radius 2 is 1.39 bits per heavy atom. The van der Waals surface area contributed by atoms with Crippen molar-refractivity contribution in [2.45, 2.75) is 13.8 Å². The van der Waals surface area contributed by atoms with Crippen molar-refractivity contribution in [1.82, 2.24) is 0 Å². The molecule has 2 rings (SSSR count). The Kier molecular flexibility index (Phi) is 8.25. The van der Waals surface area contributed by atoms with Crippen molar-refractivity contribution in [2.75, 3.05) is 39.4 Å². The first-order chi connectivity index (χ1) is 14.9. The van der Waals surface area contributed by atoms with Gasteiger partial charge in [-0.1, -0.05) is 6.08 Å². The van der Waals surface area contributed by atoms with Crippen LogP contribution in [0, 0.1) is 0 Å². The molecular formula is C22H25NO8. The highest BCUT2D eigenvalue weighted by atomic mass is 16.5. The maximum Gasteiger partial charge on any atom is 0.355 e. The van der Waals surface area contributed by atoms with E-state index < -0.39 is 17.9 Å². The largest absolute Gasteiger partial charge is 0.490 e. The van der Waals surface area contributed by atoms with Crippen LogP contribution in [0.25, 0.3) is 0 Å². The van der Waals surface area contributed by atoms with Crippen LogP contribution >= 0.6 is 0 Å². The lowest BCUT2D eigenvalue weighted by molar-refractivity contribution is -0.139. The lowest BCUT2D eigenvalue weighted by Gasteiger charge is -2.26. The first-order valence-electron chi connectivity index (χ1n) is 9.50. The number of benzene rings is 1. The highest BCUT2D eigenvalue weighted by molar-refractivity contribution is 6.07. The number of esters is 3. The highest BCUT2D eigenvalue weighted by Gasteiger charge is 2.31. The van der Waals surface area contributed by atoms with Crippen molar-refractivity contribution >= 4 is 23.6 Å². The molecule has 1 aromatic carbocycles. The fraction of sp³-hybridized carbons (Fsp3) is 0.318. The van der Waals surface area contributed by atoms with Crippen LogP contribution in [0.15, 0.2) is 47.8 Å². The number of hydrogen-bond acceptors (Lipinski definition) is 9. The maximum atomic E-state index is 12.7. The minimum atomic E-state index is -0.806. The first-order valence-corrected chi connectivity index (χ1v) is 9.50. The summed E-state index contributed by atoms with van der Waals surface area (Å²) in [6.07, 6.45) is 6.09. The van der Waals surface area contributed by atoms with Crippen molar-refractivity contribution in [2.24, 2.45) is 0 Å². The summed E-state index contributed by atoms with van der Waals surface area (Å²) >= 11 is 0. The van der Waals surface area contributed by atoms with E-state index in [0.717, 1.165) is 0 Å². The van der Waals surface area contributed by atoms with Gasteiger partial charge in [0.15, 0.2) is 11.5 Å². The quantitative estimate of drug-likeness (QED) is 0.454. The summed E-state index contributed by atoms with van der Waals surface area (Å²) in [7, 11) is 3.62. The predicted molar refractivity (Wildman–Crippen MR) is 112 cm³/mol. The summed E-state index contributed by atoms with van der Waals surface area (Å²) in [4.78, 5) is 39.0. The van der Waals surface area contributed by atoms with E-state index in [9.17, 15) is 14.4 Å². The number of rotatable bonds is 8. The third-order valence-electron chi connectivity index (χ3n) is 4.22. The number of carbonyl (C=O) groups is 3. The van der Waals surface area contributed by atoms with Crippen molar-refractivity contribution in [3.63, 3.8) is 0 Å². The Morgan fingerprint density at radius 1 is 0.806 bits per heavy atom. The van der Waals surface area contributed by atoms with Gasteiger partial charge in [-0.2, -0.15) is 0 Å². The Balaban J connectivity index is 2.85. The Morgan fingerprint density at radius 3 is 1.94 bits per heavy atom. The Hall–Kier alpha value is -3.75. The average molecular weight is 431 g/mol. The molecule has 0 atom stereocenters. The maximum absolute atomic E-state index is 12.7. The minimum Gasteiger partial charge on any atom is -0.490 e. The number of carbonyl (C=O) groups excluding carboxylic acids is 3. The monoisotopic (exact) mass is 431 g/mol. The fourth-order valence-corrected chi connectivity index (χ4v) is 2.91. The zero-order valence-electron chi connectivity index (χ0n) is 18.1. The molecule has 0 unspecified atom stereocenters. The van der Waals surface area contributed by atoms with Gasteiger partial charge < -0.3 is 28.6 Å². The summed E-state index contributed by atoms with van der Waals surface area (Å²) in [5, 5.41) is 0. The van der Waals surface area contributed by atoms with Crippen LogP contribution in [0.2, 0.25) is 0 Å². The molecule has 1 heterocycles. The van der Waals surface area contributed by atoms with E-state index in [-0.39, 0.29) is 22.5 Å². The number of hydrogen-bond donors (Lipinski definition) is 0. The number of ether oxygens (including phenoxy) is 5. The summed E-state index contributed by atoms with van der Waals surface area (Å²) in [6.45, 7) is 4.27. The molecule has 0 radical (unpaired) electrons. The van der Waals surface area contributed by atoms with Gasteiger partial charge in [-0.3, -0.25) is 0 Å².